The molecule has 0 aromatic carbocycles. The zero-order valence-electron chi connectivity index (χ0n) is 20.6. The molecule has 0 aromatic rings. The van der Waals surface area contributed by atoms with E-state index in [-0.39, 0.29) is 19.3 Å². The Balaban J connectivity index is 4.48. The van der Waals surface area contributed by atoms with Crippen LogP contribution < -0.4 is 0 Å². The van der Waals surface area contributed by atoms with Crippen LogP contribution in [0.5, 0.6) is 0 Å². The maximum atomic E-state index is 11.0. The molecule has 7 heteroatoms. The molecule has 0 spiro atoms. The Labute approximate surface area is 200 Å². The van der Waals surface area contributed by atoms with E-state index in [0.717, 1.165) is 25.8 Å². The highest BCUT2D eigenvalue weighted by molar-refractivity contribution is 5.67. The topological polar surface area (TPSA) is 112 Å². The summed E-state index contributed by atoms with van der Waals surface area (Å²) in [4.78, 5) is 33.0. The van der Waals surface area contributed by atoms with E-state index in [1.807, 2.05) is 6.08 Å². The first kappa shape index (κ1) is 31.1. The molecule has 0 bridgehead atoms. The Bertz CT molecular complexity index is 499. The fourth-order valence-corrected chi connectivity index (χ4v) is 4.52. The molecule has 192 valence electrons. The average Bonchev–Trinajstić information content (AvgIpc) is 2.73. The number of hydrogen-bond acceptors (Lipinski definition) is 3. The molecule has 0 rings (SSSR count). The molecule has 7 nitrogen and oxygen atoms in total. The SMILES string of the molecule is C=CCCCCCCCCCCCC[N+](CCCC(=O)O)(CCCC(=O)O)CCCC(=O)O. The summed E-state index contributed by atoms with van der Waals surface area (Å²) in [5.41, 5.74) is 0. The summed E-state index contributed by atoms with van der Waals surface area (Å²) in [5.74, 6) is -2.49. The van der Waals surface area contributed by atoms with Crippen molar-refractivity contribution in [2.24, 2.45) is 0 Å². The third-order valence-electron chi connectivity index (χ3n) is 6.36. The molecule has 0 aliphatic rings. The Kier molecular flexibility index (Phi) is 19.5. The Hall–Kier alpha value is -1.89. The number of nitrogens with zero attached hydrogens (tertiary/aromatic N) is 1. The zero-order chi connectivity index (χ0) is 24.8. The number of rotatable bonds is 25. The van der Waals surface area contributed by atoms with Crippen molar-refractivity contribution < 1.29 is 34.2 Å². The highest BCUT2D eigenvalue weighted by atomic mass is 16.4. The van der Waals surface area contributed by atoms with Gasteiger partial charge in [-0.3, -0.25) is 14.4 Å². The third-order valence-corrected chi connectivity index (χ3v) is 6.36. The standard InChI is InChI=1S/C26H47NO6/c1-2-3-4-5-6-7-8-9-10-11-12-13-20-27(21-14-17-24(28)29,22-15-18-25(30)31)23-16-19-26(32)33/h2H,1,3-23H2,(H2-,28,29,30,31,32,33)/p+1. The van der Waals surface area contributed by atoms with Crippen molar-refractivity contribution in [2.75, 3.05) is 26.2 Å². The van der Waals surface area contributed by atoms with Crippen LogP contribution in [0, 0.1) is 0 Å². The number of carbonyl (C=O) groups is 3. The minimum absolute atomic E-state index is 0.0887. The van der Waals surface area contributed by atoms with Gasteiger partial charge in [-0.2, -0.15) is 0 Å². The van der Waals surface area contributed by atoms with Gasteiger partial charge in [0.15, 0.2) is 0 Å². The van der Waals surface area contributed by atoms with Gasteiger partial charge in [-0.1, -0.05) is 51.0 Å². The summed E-state index contributed by atoms with van der Waals surface area (Å²) in [5, 5.41) is 27.1. The number of aliphatic carboxylic acids is 3. The van der Waals surface area contributed by atoms with Crippen LogP contribution in [-0.4, -0.2) is 63.9 Å². The van der Waals surface area contributed by atoms with Gasteiger partial charge >= 0.3 is 17.9 Å². The van der Waals surface area contributed by atoms with E-state index >= 15 is 0 Å². The van der Waals surface area contributed by atoms with Crippen LogP contribution in [0.15, 0.2) is 12.7 Å². The van der Waals surface area contributed by atoms with E-state index < -0.39 is 17.9 Å². The van der Waals surface area contributed by atoms with Gasteiger partial charge < -0.3 is 19.8 Å². The second-order valence-electron chi connectivity index (χ2n) is 9.34. The zero-order valence-corrected chi connectivity index (χ0v) is 20.6. The molecular weight excluding hydrogens is 422 g/mol. The normalized spacial score (nSPS) is 11.4. The average molecular weight is 471 g/mol. The Morgan fingerprint density at radius 2 is 0.818 bits per heavy atom. The minimum atomic E-state index is -0.829. The first-order valence-corrected chi connectivity index (χ1v) is 12.9. The lowest BCUT2D eigenvalue weighted by molar-refractivity contribution is -0.929. The van der Waals surface area contributed by atoms with E-state index in [9.17, 15) is 14.4 Å². The summed E-state index contributed by atoms with van der Waals surface area (Å²) in [6.07, 6.45) is 17.2. The second-order valence-corrected chi connectivity index (χ2v) is 9.34. The largest absolute Gasteiger partial charge is 0.481 e. The van der Waals surface area contributed by atoms with E-state index in [1.165, 1.54) is 51.4 Å². The summed E-state index contributed by atoms with van der Waals surface area (Å²) in [6, 6.07) is 0. The van der Waals surface area contributed by atoms with Crippen molar-refractivity contribution in [2.45, 2.75) is 109 Å². The molecule has 0 saturated carbocycles. The summed E-state index contributed by atoms with van der Waals surface area (Å²) >= 11 is 0. The van der Waals surface area contributed by atoms with Crippen molar-refractivity contribution >= 4 is 17.9 Å². The number of carboxylic acid groups (broad SMARTS) is 3. The van der Waals surface area contributed by atoms with Crippen molar-refractivity contribution in [3.8, 4) is 0 Å². The lowest BCUT2D eigenvalue weighted by Gasteiger charge is -2.39. The molecule has 0 aliphatic heterocycles. The van der Waals surface area contributed by atoms with Gasteiger partial charge in [-0.25, -0.2) is 0 Å². The third kappa shape index (κ3) is 20.4. The lowest BCUT2D eigenvalue weighted by Crippen LogP contribution is -2.51. The van der Waals surface area contributed by atoms with Crippen molar-refractivity contribution in [3.63, 3.8) is 0 Å². The number of hydrogen-bond donors (Lipinski definition) is 3. The van der Waals surface area contributed by atoms with Gasteiger partial charge in [0.2, 0.25) is 0 Å². The van der Waals surface area contributed by atoms with Crippen molar-refractivity contribution in [1.29, 1.82) is 0 Å². The van der Waals surface area contributed by atoms with Crippen LogP contribution in [-0.2, 0) is 14.4 Å². The molecule has 0 radical (unpaired) electrons. The fourth-order valence-electron chi connectivity index (χ4n) is 4.52. The monoisotopic (exact) mass is 470 g/mol. The smallest absolute Gasteiger partial charge is 0.303 e. The number of allylic oxidation sites excluding steroid dienone is 1. The Morgan fingerprint density at radius 1 is 0.515 bits per heavy atom. The molecule has 0 saturated heterocycles. The summed E-state index contributed by atoms with van der Waals surface area (Å²) in [6.45, 7) is 6.61. The first-order chi connectivity index (χ1) is 15.8. The van der Waals surface area contributed by atoms with E-state index in [1.54, 1.807) is 0 Å². The quantitative estimate of drug-likeness (QED) is 0.0873. The molecule has 0 unspecified atom stereocenters. The van der Waals surface area contributed by atoms with Gasteiger partial charge in [0, 0.05) is 19.3 Å². The van der Waals surface area contributed by atoms with Gasteiger partial charge in [0.1, 0.15) is 0 Å². The Morgan fingerprint density at radius 3 is 1.15 bits per heavy atom. The van der Waals surface area contributed by atoms with Crippen molar-refractivity contribution in [1.82, 2.24) is 0 Å². The fraction of sp³-hybridized carbons (Fsp3) is 0.808. The predicted octanol–water partition coefficient (Wildman–Crippen LogP) is 5.87. The second kappa shape index (κ2) is 20.7. The van der Waals surface area contributed by atoms with Gasteiger partial charge in [-0.15, -0.1) is 6.58 Å². The molecule has 3 N–H and O–H groups in total. The lowest BCUT2D eigenvalue weighted by atomic mass is 10.0. The number of carboxylic acids is 3. The van der Waals surface area contributed by atoms with E-state index in [4.69, 9.17) is 15.3 Å². The molecule has 0 aromatic heterocycles. The van der Waals surface area contributed by atoms with E-state index in [0.29, 0.717) is 43.4 Å². The van der Waals surface area contributed by atoms with E-state index in [2.05, 4.69) is 6.58 Å². The molecule has 0 heterocycles. The summed E-state index contributed by atoms with van der Waals surface area (Å²) in [7, 11) is 0. The highest BCUT2D eigenvalue weighted by Gasteiger charge is 2.27. The van der Waals surface area contributed by atoms with Crippen molar-refractivity contribution in [3.05, 3.63) is 12.7 Å². The van der Waals surface area contributed by atoms with Crippen LogP contribution in [0.4, 0.5) is 0 Å². The number of quaternary nitrogens is 1. The van der Waals surface area contributed by atoms with Gasteiger partial charge in [-0.05, 0) is 25.7 Å². The van der Waals surface area contributed by atoms with Crippen LogP contribution in [0.2, 0.25) is 0 Å². The molecule has 0 aliphatic carbocycles. The first-order valence-electron chi connectivity index (χ1n) is 12.9. The molecule has 33 heavy (non-hydrogen) atoms. The predicted molar refractivity (Wildman–Crippen MR) is 131 cm³/mol. The van der Waals surface area contributed by atoms with Gasteiger partial charge in [0.05, 0.1) is 45.4 Å². The van der Waals surface area contributed by atoms with Crippen LogP contribution >= 0.6 is 0 Å². The molecule has 0 atom stereocenters. The van der Waals surface area contributed by atoms with Crippen LogP contribution in [0.25, 0.3) is 0 Å². The maximum Gasteiger partial charge on any atom is 0.303 e. The molecule has 0 amide bonds. The van der Waals surface area contributed by atoms with Gasteiger partial charge in [0.25, 0.3) is 0 Å². The highest BCUT2D eigenvalue weighted by Crippen LogP contribution is 2.18. The number of unbranched alkanes of at least 4 members (excludes halogenated alkanes) is 10. The summed E-state index contributed by atoms with van der Waals surface area (Å²) < 4.78 is 0.637. The van der Waals surface area contributed by atoms with Crippen LogP contribution in [0.3, 0.4) is 0 Å². The minimum Gasteiger partial charge on any atom is -0.481 e. The molecular formula is C26H48NO6+. The molecule has 0 fully saturated rings. The maximum absolute atomic E-state index is 11.0. The van der Waals surface area contributed by atoms with Crippen LogP contribution in [0.1, 0.15) is 109 Å².